The van der Waals surface area contributed by atoms with Crippen LogP contribution < -0.4 is 4.74 Å². The summed E-state index contributed by atoms with van der Waals surface area (Å²) >= 11 is 0. The second kappa shape index (κ2) is 12.8. The number of rotatable bonds is 12. The molecule has 0 aliphatic heterocycles. The van der Waals surface area contributed by atoms with Gasteiger partial charge in [0.25, 0.3) is 0 Å². The van der Waals surface area contributed by atoms with Crippen LogP contribution in [0, 0.1) is 41.5 Å². The summed E-state index contributed by atoms with van der Waals surface area (Å²) < 4.78 is 6.20. The Hall–Kier alpha value is -3.06. The highest BCUT2D eigenvalue weighted by atomic mass is 16.5. The molecule has 1 heteroatoms. The van der Waals surface area contributed by atoms with Crippen molar-refractivity contribution in [3.8, 4) is 5.75 Å². The van der Waals surface area contributed by atoms with Crippen molar-refractivity contribution < 1.29 is 4.74 Å². The molecule has 0 atom stereocenters. The molecule has 0 heterocycles. The Morgan fingerprint density at radius 2 is 1.03 bits per heavy atom. The van der Waals surface area contributed by atoms with Crippen LogP contribution in [-0.4, -0.2) is 6.61 Å². The van der Waals surface area contributed by atoms with Gasteiger partial charge in [-0.2, -0.15) is 0 Å². The van der Waals surface area contributed by atoms with Crippen LogP contribution in [0.5, 0.6) is 5.75 Å². The Bertz CT molecular complexity index is 1080. The average Bonchev–Trinajstić information content (AvgIpc) is 2.81. The Morgan fingerprint density at radius 3 is 1.53 bits per heavy atom. The predicted octanol–water partition coefficient (Wildman–Crippen LogP) is 9.40. The molecule has 36 heavy (non-hydrogen) atoms. The SMILES string of the molecule is C=Cc1c(C)cc(CCCCc2cc(C)c(OCCCc3cc(C)c(C=C)c(C)c3)cc2C)cc1C. The largest absolute Gasteiger partial charge is 0.493 e. The second-order valence-corrected chi connectivity index (χ2v) is 10.4. The minimum absolute atomic E-state index is 0.740. The van der Waals surface area contributed by atoms with Gasteiger partial charge in [-0.1, -0.05) is 55.6 Å². The number of benzene rings is 3. The molecule has 0 radical (unpaired) electrons. The van der Waals surface area contributed by atoms with Gasteiger partial charge in [0.2, 0.25) is 0 Å². The third-order valence-corrected chi connectivity index (χ3v) is 7.38. The summed E-state index contributed by atoms with van der Waals surface area (Å²) in [5.74, 6) is 1.03. The van der Waals surface area contributed by atoms with Crippen molar-refractivity contribution >= 4 is 12.2 Å². The number of unbranched alkanes of at least 4 members (excludes halogenated alkanes) is 1. The molecule has 3 aromatic carbocycles. The Kier molecular flexibility index (Phi) is 9.76. The molecule has 0 N–H and O–H groups in total. The van der Waals surface area contributed by atoms with Crippen LogP contribution in [0.3, 0.4) is 0 Å². The van der Waals surface area contributed by atoms with Crippen molar-refractivity contribution in [3.63, 3.8) is 0 Å². The maximum Gasteiger partial charge on any atom is 0.122 e. The first-order valence-electron chi connectivity index (χ1n) is 13.4. The zero-order valence-corrected chi connectivity index (χ0v) is 23.4. The fourth-order valence-electron chi connectivity index (χ4n) is 5.44. The zero-order chi connectivity index (χ0) is 26.2. The van der Waals surface area contributed by atoms with E-state index in [0.717, 1.165) is 38.0 Å². The van der Waals surface area contributed by atoms with Crippen molar-refractivity contribution in [2.45, 2.75) is 80.1 Å². The van der Waals surface area contributed by atoms with Crippen LogP contribution in [-0.2, 0) is 19.3 Å². The van der Waals surface area contributed by atoms with E-state index in [0.29, 0.717) is 0 Å². The Morgan fingerprint density at radius 1 is 0.556 bits per heavy atom. The van der Waals surface area contributed by atoms with E-state index in [-0.39, 0.29) is 0 Å². The average molecular weight is 481 g/mol. The van der Waals surface area contributed by atoms with Gasteiger partial charge in [-0.15, -0.1) is 0 Å². The van der Waals surface area contributed by atoms with E-state index in [1.165, 1.54) is 74.0 Å². The van der Waals surface area contributed by atoms with Gasteiger partial charge in [-0.05, 0) is 147 Å². The maximum absolute atomic E-state index is 6.20. The van der Waals surface area contributed by atoms with Crippen molar-refractivity contribution in [3.05, 3.63) is 111 Å². The Balaban J connectivity index is 1.48. The lowest BCUT2D eigenvalue weighted by Crippen LogP contribution is -2.03. The van der Waals surface area contributed by atoms with E-state index >= 15 is 0 Å². The lowest BCUT2D eigenvalue weighted by Gasteiger charge is -2.14. The molecule has 0 bridgehead atoms. The van der Waals surface area contributed by atoms with Crippen LogP contribution in [0.25, 0.3) is 12.2 Å². The van der Waals surface area contributed by atoms with Crippen molar-refractivity contribution in [1.29, 1.82) is 0 Å². The zero-order valence-electron chi connectivity index (χ0n) is 23.4. The molecule has 3 rings (SSSR count). The molecule has 1 nitrogen and oxygen atoms in total. The first kappa shape index (κ1) is 27.5. The first-order chi connectivity index (χ1) is 17.2. The van der Waals surface area contributed by atoms with E-state index in [9.17, 15) is 0 Å². The summed E-state index contributed by atoms with van der Waals surface area (Å²) in [5.41, 5.74) is 14.6. The van der Waals surface area contributed by atoms with Gasteiger partial charge in [-0.3, -0.25) is 0 Å². The van der Waals surface area contributed by atoms with Crippen LogP contribution in [0.2, 0.25) is 0 Å². The van der Waals surface area contributed by atoms with E-state index in [1.54, 1.807) is 0 Å². The topological polar surface area (TPSA) is 9.23 Å². The van der Waals surface area contributed by atoms with Gasteiger partial charge in [0.15, 0.2) is 0 Å². The molecule has 190 valence electrons. The van der Waals surface area contributed by atoms with Crippen molar-refractivity contribution in [1.82, 2.24) is 0 Å². The van der Waals surface area contributed by atoms with Crippen molar-refractivity contribution in [2.24, 2.45) is 0 Å². The lowest BCUT2D eigenvalue weighted by atomic mass is 9.95. The third kappa shape index (κ3) is 7.00. The summed E-state index contributed by atoms with van der Waals surface area (Å²) in [7, 11) is 0. The summed E-state index contributed by atoms with van der Waals surface area (Å²) in [6, 6.07) is 13.8. The molecular formula is C35H44O. The number of aryl methyl sites for hydroxylation is 9. The second-order valence-electron chi connectivity index (χ2n) is 10.4. The van der Waals surface area contributed by atoms with E-state index in [1.807, 2.05) is 12.2 Å². The van der Waals surface area contributed by atoms with Crippen LogP contribution in [0.4, 0.5) is 0 Å². The molecule has 0 unspecified atom stereocenters. The highest BCUT2D eigenvalue weighted by Crippen LogP contribution is 2.26. The van der Waals surface area contributed by atoms with Gasteiger partial charge in [0.05, 0.1) is 6.61 Å². The summed E-state index contributed by atoms with van der Waals surface area (Å²) in [5, 5.41) is 0. The minimum Gasteiger partial charge on any atom is -0.493 e. The third-order valence-electron chi connectivity index (χ3n) is 7.38. The van der Waals surface area contributed by atoms with Gasteiger partial charge < -0.3 is 4.74 Å². The smallest absolute Gasteiger partial charge is 0.122 e. The highest BCUT2D eigenvalue weighted by Gasteiger charge is 2.08. The predicted molar refractivity (Wildman–Crippen MR) is 158 cm³/mol. The molecule has 3 aromatic rings. The standard InChI is InChI=1S/C35H44O/c1-9-33-25(4)18-30(19-26(33)5)14-11-12-16-32-22-29(8)35(23-24(32)3)36-17-13-15-31-20-27(6)34(10-2)28(7)21-31/h9-10,18-23H,1-2,11-17H2,3-8H3. The van der Waals surface area contributed by atoms with Gasteiger partial charge in [-0.25, -0.2) is 0 Å². The summed E-state index contributed by atoms with van der Waals surface area (Å²) in [4.78, 5) is 0. The van der Waals surface area contributed by atoms with E-state index < -0.39 is 0 Å². The first-order valence-corrected chi connectivity index (χ1v) is 13.4. The quantitative estimate of drug-likeness (QED) is 0.235. The maximum atomic E-state index is 6.20. The molecule has 0 aromatic heterocycles. The van der Waals surface area contributed by atoms with E-state index in [2.05, 4.69) is 91.1 Å². The molecule has 0 saturated carbocycles. The Labute approximate surface area is 219 Å². The fraction of sp³-hybridized carbons (Fsp3) is 0.371. The van der Waals surface area contributed by atoms with Crippen molar-refractivity contribution in [2.75, 3.05) is 6.61 Å². The van der Waals surface area contributed by atoms with Crippen LogP contribution in [0.15, 0.2) is 49.6 Å². The van der Waals surface area contributed by atoms with Gasteiger partial charge >= 0.3 is 0 Å². The fourth-order valence-corrected chi connectivity index (χ4v) is 5.44. The molecule has 0 amide bonds. The van der Waals surface area contributed by atoms with E-state index in [4.69, 9.17) is 4.74 Å². The van der Waals surface area contributed by atoms with Crippen LogP contribution >= 0.6 is 0 Å². The summed E-state index contributed by atoms with van der Waals surface area (Å²) in [6.07, 6.45) is 10.6. The number of hydrogen-bond donors (Lipinski definition) is 0. The molecule has 0 fully saturated rings. The monoisotopic (exact) mass is 480 g/mol. The van der Waals surface area contributed by atoms with Crippen LogP contribution in [0.1, 0.15) is 80.5 Å². The molecule has 0 aliphatic rings. The highest BCUT2D eigenvalue weighted by molar-refractivity contribution is 5.57. The minimum atomic E-state index is 0.740. The summed E-state index contributed by atoms with van der Waals surface area (Å²) in [6.45, 7) is 21.7. The molecule has 0 saturated heterocycles. The number of hydrogen-bond acceptors (Lipinski definition) is 1. The normalized spacial score (nSPS) is 10.9. The number of ether oxygens (including phenoxy) is 1. The molecule has 0 spiro atoms. The molecular weight excluding hydrogens is 436 g/mol. The van der Waals surface area contributed by atoms with Gasteiger partial charge in [0, 0.05) is 0 Å². The molecule has 0 aliphatic carbocycles. The lowest BCUT2D eigenvalue weighted by molar-refractivity contribution is 0.308. The van der Waals surface area contributed by atoms with Gasteiger partial charge in [0.1, 0.15) is 5.75 Å².